The molecule has 0 aromatic heterocycles. The number of amides is 1. The molecule has 1 aromatic carbocycles. The first-order valence-electron chi connectivity index (χ1n) is 9.75. The van der Waals surface area contributed by atoms with Gasteiger partial charge in [0.25, 0.3) is 10.2 Å². The Balaban J connectivity index is 1.32. The third-order valence-corrected chi connectivity index (χ3v) is 7.77. The lowest BCUT2D eigenvalue weighted by atomic mass is 10.0. The van der Waals surface area contributed by atoms with Gasteiger partial charge in [-0.1, -0.05) is 18.2 Å². The zero-order valence-electron chi connectivity index (χ0n) is 15.6. The molecule has 0 saturated carbocycles. The van der Waals surface area contributed by atoms with Crippen LogP contribution in [0.25, 0.3) is 0 Å². The van der Waals surface area contributed by atoms with Crippen molar-refractivity contribution in [1.29, 1.82) is 0 Å². The number of fused-ring (bicyclic) bond motifs is 1. The molecule has 2 saturated heterocycles. The van der Waals surface area contributed by atoms with Gasteiger partial charge < -0.3 is 9.64 Å². The highest BCUT2D eigenvalue weighted by Crippen LogP contribution is 2.23. The summed E-state index contributed by atoms with van der Waals surface area (Å²) in [4.78, 5) is 14.4. The predicted octanol–water partition coefficient (Wildman–Crippen LogP) is 0.439. The standard InChI is InChI=1S/C19H27N3O4S/c23-19(15-16-4-5-17-2-1-3-18(17)14-16)20-6-8-21(9-7-20)27(24,25)22-10-12-26-13-11-22/h4-5,14H,1-3,6-13,15H2. The van der Waals surface area contributed by atoms with Crippen molar-refractivity contribution >= 4 is 16.1 Å². The van der Waals surface area contributed by atoms with Gasteiger partial charge in [-0.15, -0.1) is 0 Å². The van der Waals surface area contributed by atoms with Gasteiger partial charge >= 0.3 is 0 Å². The summed E-state index contributed by atoms with van der Waals surface area (Å²) in [5.74, 6) is 0.0800. The molecule has 0 unspecified atom stereocenters. The molecule has 2 aliphatic heterocycles. The molecule has 27 heavy (non-hydrogen) atoms. The Hall–Kier alpha value is -1.48. The minimum Gasteiger partial charge on any atom is -0.379 e. The van der Waals surface area contributed by atoms with Gasteiger partial charge in [0.2, 0.25) is 5.91 Å². The summed E-state index contributed by atoms with van der Waals surface area (Å²) < 4.78 is 33.6. The van der Waals surface area contributed by atoms with Crippen LogP contribution in [0.5, 0.6) is 0 Å². The zero-order chi connectivity index (χ0) is 18.9. The fourth-order valence-electron chi connectivity index (χ4n) is 4.13. The lowest BCUT2D eigenvalue weighted by Crippen LogP contribution is -2.56. The molecule has 2 heterocycles. The molecular weight excluding hydrogens is 366 g/mol. The molecule has 8 heteroatoms. The van der Waals surface area contributed by atoms with E-state index in [1.807, 2.05) is 0 Å². The number of nitrogens with zero attached hydrogens (tertiary/aromatic N) is 3. The SMILES string of the molecule is O=C(Cc1ccc2c(c1)CCC2)N1CCN(S(=O)(=O)N2CCOCC2)CC1. The molecule has 1 aliphatic carbocycles. The van der Waals surface area contributed by atoms with Crippen LogP contribution in [0.4, 0.5) is 0 Å². The van der Waals surface area contributed by atoms with Crippen molar-refractivity contribution in [2.24, 2.45) is 0 Å². The lowest BCUT2D eigenvalue weighted by Gasteiger charge is -2.37. The van der Waals surface area contributed by atoms with E-state index < -0.39 is 10.2 Å². The van der Waals surface area contributed by atoms with Crippen molar-refractivity contribution in [3.63, 3.8) is 0 Å². The van der Waals surface area contributed by atoms with Crippen molar-refractivity contribution < 1.29 is 17.9 Å². The molecule has 0 N–H and O–H groups in total. The number of ether oxygens (including phenoxy) is 1. The Morgan fingerprint density at radius 2 is 1.59 bits per heavy atom. The molecule has 0 bridgehead atoms. The second-order valence-corrected chi connectivity index (χ2v) is 9.36. The molecule has 4 rings (SSSR count). The van der Waals surface area contributed by atoms with Gasteiger partial charge in [-0.05, 0) is 36.0 Å². The van der Waals surface area contributed by atoms with Crippen molar-refractivity contribution in [1.82, 2.24) is 13.5 Å². The van der Waals surface area contributed by atoms with Crippen LogP contribution in [0.2, 0.25) is 0 Å². The van der Waals surface area contributed by atoms with Gasteiger partial charge in [0, 0.05) is 39.3 Å². The molecule has 0 radical (unpaired) electrons. The van der Waals surface area contributed by atoms with E-state index in [-0.39, 0.29) is 5.91 Å². The highest BCUT2D eigenvalue weighted by molar-refractivity contribution is 7.86. The Kier molecular flexibility index (Phi) is 5.50. The quantitative estimate of drug-likeness (QED) is 0.744. The number of benzene rings is 1. The van der Waals surface area contributed by atoms with Gasteiger partial charge in [0.1, 0.15) is 0 Å². The highest BCUT2D eigenvalue weighted by atomic mass is 32.2. The minimum absolute atomic E-state index is 0.0800. The zero-order valence-corrected chi connectivity index (χ0v) is 16.4. The predicted molar refractivity (Wildman–Crippen MR) is 102 cm³/mol. The normalized spacial score (nSPS) is 22.0. The van der Waals surface area contributed by atoms with Gasteiger partial charge in [0.15, 0.2) is 0 Å². The average molecular weight is 394 g/mol. The van der Waals surface area contributed by atoms with Crippen LogP contribution in [0.3, 0.4) is 0 Å². The Bertz CT molecular complexity index is 797. The maximum atomic E-state index is 12.7. The number of hydrogen-bond acceptors (Lipinski definition) is 4. The first kappa shape index (κ1) is 18.9. The number of morpholine rings is 1. The monoisotopic (exact) mass is 393 g/mol. The largest absolute Gasteiger partial charge is 0.379 e. The number of rotatable bonds is 4. The molecule has 1 amide bonds. The maximum Gasteiger partial charge on any atom is 0.282 e. The van der Waals surface area contributed by atoms with Crippen molar-refractivity contribution in [3.05, 3.63) is 34.9 Å². The molecule has 148 valence electrons. The van der Waals surface area contributed by atoms with Crippen LogP contribution in [0, 0.1) is 0 Å². The fourth-order valence-corrected chi connectivity index (χ4v) is 5.69. The lowest BCUT2D eigenvalue weighted by molar-refractivity contribution is -0.131. The van der Waals surface area contributed by atoms with Gasteiger partial charge in [-0.25, -0.2) is 0 Å². The van der Waals surface area contributed by atoms with Crippen molar-refractivity contribution in [2.75, 3.05) is 52.5 Å². The van der Waals surface area contributed by atoms with E-state index in [2.05, 4.69) is 18.2 Å². The van der Waals surface area contributed by atoms with Crippen LogP contribution >= 0.6 is 0 Å². The topological polar surface area (TPSA) is 70.2 Å². The number of piperazine rings is 1. The summed E-state index contributed by atoms with van der Waals surface area (Å²) in [5.41, 5.74) is 3.85. The minimum atomic E-state index is -3.45. The molecule has 0 atom stereocenters. The molecular formula is C19H27N3O4S. The van der Waals surface area contributed by atoms with E-state index in [1.165, 1.54) is 26.2 Å². The van der Waals surface area contributed by atoms with Gasteiger partial charge in [-0.2, -0.15) is 17.0 Å². The Morgan fingerprint density at radius 1 is 0.926 bits per heavy atom. The molecule has 7 nitrogen and oxygen atoms in total. The summed E-state index contributed by atoms with van der Waals surface area (Å²) in [6.07, 6.45) is 3.84. The van der Waals surface area contributed by atoms with E-state index >= 15 is 0 Å². The fraction of sp³-hybridized carbons (Fsp3) is 0.632. The molecule has 2 fully saturated rings. The maximum absolute atomic E-state index is 12.7. The summed E-state index contributed by atoms with van der Waals surface area (Å²) in [6.45, 7) is 3.31. The average Bonchev–Trinajstić information content (AvgIpc) is 3.16. The second-order valence-electron chi connectivity index (χ2n) is 7.43. The van der Waals surface area contributed by atoms with Crippen LogP contribution in [0.1, 0.15) is 23.1 Å². The van der Waals surface area contributed by atoms with Crippen LogP contribution in [-0.4, -0.2) is 80.3 Å². The van der Waals surface area contributed by atoms with Crippen LogP contribution in [0.15, 0.2) is 18.2 Å². The third kappa shape index (κ3) is 4.03. The number of carbonyl (C=O) groups excluding carboxylic acids is 1. The van der Waals surface area contributed by atoms with E-state index in [9.17, 15) is 13.2 Å². The van der Waals surface area contributed by atoms with E-state index in [4.69, 9.17) is 4.74 Å². The summed E-state index contributed by atoms with van der Waals surface area (Å²) in [6, 6.07) is 6.37. The number of hydrogen-bond donors (Lipinski definition) is 0. The molecule has 1 aromatic rings. The van der Waals surface area contributed by atoms with Crippen molar-refractivity contribution in [2.45, 2.75) is 25.7 Å². The first-order chi connectivity index (χ1) is 13.0. The van der Waals surface area contributed by atoms with Gasteiger partial charge in [0.05, 0.1) is 19.6 Å². The first-order valence-corrected chi connectivity index (χ1v) is 11.2. The Labute approximate surface area is 161 Å². The van der Waals surface area contributed by atoms with E-state index in [0.717, 1.165) is 18.4 Å². The molecule has 3 aliphatic rings. The third-order valence-electron chi connectivity index (χ3n) is 5.73. The number of aryl methyl sites for hydroxylation is 2. The Morgan fingerprint density at radius 3 is 2.33 bits per heavy atom. The highest BCUT2D eigenvalue weighted by Gasteiger charge is 2.34. The smallest absolute Gasteiger partial charge is 0.282 e. The van der Waals surface area contributed by atoms with E-state index in [1.54, 1.807) is 4.90 Å². The van der Waals surface area contributed by atoms with Crippen LogP contribution in [-0.2, 0) is 39.0 Å². The summed E-state index contributed by atoms with van der Waals surface area (Å²) in [5, 5.41) is 0. The summed E-state index contributed by atoms with van der Waals surface area (Å²) >= 11 is 0. The summed E-state index contributed by atoms with van der Waals surface area (Å²) in [7, 11) is -3.45. The molecule has 0 spiro atoms. The van der Waals surface area contributed by atoms with Gasteiger partial charge in [-0.3, -0.25) is 4.79 Å². The van der Waals surface area contributed by atoms with Crippen molar-refractivity contribution in [3.8, 4) is 0 Å². The number of carbonyl (C=O) groups is 1. The van der Waals surface area contributed by atoms with Crippen LogP contribution < -0.4 is 0 Å². The second kappa shape index (κ2) is 7.87. The van der Waals surface area contributed by atoms with E-state index in [0.29, 0.717) is 58.9 Å².